The predicted octanol–water partition coefficient (Wildman–Crippen LogP) is 1.90. The molecule has 4 nitrogen and oxygen atoms in total. The maximum absolute atomic E-state index is 13.6. The zero-order valence-electron chi connectivity index (χ0n) is 11.0. The minimum Gasteiger partial charge on any atom is -0.317 e. The number of halogens is 2. The lowest BCUT2D eigenvalue weighted by molar-refractivity contribution is 0.400. The first-order valence-electron chi connectivity index (χ1n) is 6.59. The van der Waals surface area contributed by atoms with E-state index in [1.165, 1.54) is 12.1 Å². The molecule has 0 aliphatic carbocycles. The summed E-state index contributed by atoms with van der Waals surface area (Å²) < 4.78 is 40.0. The van der Waals surface area contributed by atoms with E-state index in [0.717, 1.165) is 25.9 Å². The quantitative estimate of drug-likeness (QED) is 0.871. The van der Waals surface area contributed by atoms with E-state index in [-0.39, 0.29) is 28.8 Å². The van der Waals surface area contributed by atoms with Gasteiger partial charge in [-0.1, -0.05) is 17.7 Å². The molecular weight excluding hydrogens is 303 g/mol. The van der Waals surface area contributed by atoms with Crippen molar-refractivity contribution in [2.24, 2.45) is 5.92 Å². The second kappa shape index (κ2) is 6.85. The van der Waals surface area contributed by atoms with Crippen LogP contribution in [-0.2, 0) is 16.6 Å². The SMILES string of the molecule is O=S(=O)(CC1CCNCC1)NCc1c(F)cccc1Cl. The van der Waals surface area contributed by atoms with Crippen LogP contribution in [0.5, 0.6) is 0 Å². The molecule has 1 saturated heterocycles. The van der Waals surface area contributed by atoms with Crippen molar-refractivity contribution >= 4 is 21.6 Å². The van der Waals surface area contributed by atoms with E-state index >= 15 is 0 Å². The summed E-state index contributed by atoms with van der Waals surface area (Å²) in [6.07, 6.45) is 1.70. The van der Waals surface area contributed by atoms with E-state index in [1.807, 2.05) is 0 Å². The van der Waals surface area contributed by atoms with Gasteiger partial charge in [0.15, 0.2) is 0 Å². The second-order valence-electron chi connectivity index (χ2n) is 5.00. The molecule has 2 N–H and O–H groups in total. The van der Waals surface area contributed by atoms with Gasteiger partial charge in [-0.15, -0.1) is 0 Å². The predicted molar refractivity (Wildman–Crippen MR) is 77.6 cm³/mol. The van der Waals surface area contributed by atoms with Gasteiger partial charge in [0.2, 0.25) is 10.0 Å². The molecule has 0 amide bonds. The molecule has 1 aromatic carbocycles. The first-order chi connectivity index (χ1) is 9.48. The van der Waals surface area contributed by atoms with Crippen LogP contribution in [0.1, 0.15) is 18.4 Å². The van der Waals surface area contributed by atoms with Crippen LogP contribution in [0.25, 0.3) is 0 Å². The van der Waals surface area contributed by atoms with Gasteiger partial charge in [-0.2, -0.15) is 0 Å². The maximum Gasteiger partial charge on any atom is 0.212 e. The number of hydrogen-bond donors (Lipinski definition) is 2. The van der Waals surface area contributed by atoms with Gasteiger partial charge in [0.05, 0.1) is 5.75 Å². The Balaban J connectivity index is 1.95. The van der Waals surface area contributed by atoms with Gasteiger partial charge in [-0.3, -0.25) is 0 Å². The topological polar surface area (TPSA) is 58.2 Å². The van der Waals surface area contributed by atoms with E-state index in [0.29, 0.717) is 0 Å². The first-order valence-corrected chi connectivity index (χ1v) is 8.62. The van der Waals surface area contributed by atoms with Crippen molar-refractivity contribution in [2.45, 2.75) is 19.4 Å². The van der Waals surface area contributed by atoms with Crippen LogP contribution in [0.3, 0.4) is 0 Å². The van der Waals surface area contributed by atoms with E-state index in [1.54, 1.807) is 6.07 Å². The minimum absolute atomic E-state index is 0.0841. The molecule has 0 atom stereocenters. The Kier molecular flexibility index (Phi) is 5.37. The Morgan fingerprint density at radius 2 is 2.05 bits per heavy atom. The van der Waals surface area contributed by atoms with Gasteiger partial charge < -0.3 is 5.32 Å². The van der Waals surface area contributed by atoms with E-state index in [2.05, 4.69) is 10.0 Å². The van der Waals surface area contributed by atoms with E-state index in [4.69, 9.17) is 11.6 Å². The number of sulfonamides is 1. The normalized spacial score (nSPS) is 17.3. The van der Waals surface area contributed by atoms with Gasteiger partial charge in [-0.25, -0.2) is 17.5 Å². The summed E-state index contributed by atoms with van der Waals surface area (Å²) in [5.41, 5.74) is 0.183. The van der Waals surface area contributed by atoms with E-state index < -0.39 is 15.8 Å². The van der Waals surface area contributed by atoms with Crippen LogP contribution < -0.4 is 10.0 Å². The highest BCUT2D eigenvalue weighted by molar-refractivity contribution is 7.89. The molecule has 0 spiro atoms. The smallest absolute Gasteiger partial charge is 0.212 e. The third-order valence-corrected chi connectivity index (χ3v) is 5.29. The standard InChI is InChI=1S/C13H18ClFN2O2S/c14-12-2-1-3-13(15)11(12)8-17-20(18,19)9-10-4-6-16-7-5-10/h1-3,10,16-17H,4-9H2. The fourth-order valence-corrected chi connectivity index (χ4v) is 3.97. The van der Waals surface area contributed by atoms with Gasteiger partial charge in [0, 0.05) is 17.1 Å². The Hall–Kier alpha value is -0.690. The Bertz CT molecular complexity index is 539. The lowest BCUT2D eigenvalue weighted by Gasteiger charge is -2.22. The molecule has 2 rings (SSSR count). The first kappa shape index (κ1) is 15.7. The van der Waals surface area contributed by atoms with Crippen molar-refractivity contribution in [3.63, 3.8) is 0 Å². The van der Waals surface area contributed by atoms with Gasteiger partial charge in [0.25, 0.3) is 0 Å². The van der Waals surface area contributed by atoms with Crippen LogP contribution in [-0.4, -0.2) is 27.3 Å². The van der Waals surface area contributed by atoms with Crippen LogP contribution in [0.4, 0.5) is 4.39 Å². The molecule has 0 unspecified atom stereocenters. The number of benzene rings is 1. The molecule has 0 bridgehead atoms. The molecule has 1 aromatic rings. The summed E-state index contributed by atoms with van der Waals surface area (Å²) in [6, 6.07) is 4.30. The molecule has 7 heteroatoms. The molecule has 1 aliphatic heterocycles. The summed E-state index contributed by atoms with van der Waals surface area (Å²) in [5, 5.41) is 3.42. The lowest BCUT2D eigenvalue weighted by Crippen LogP contribution is -2.35. The van der Waals surface area contributed by atoms with Crippen molar-refractivity contribution in [1.29, 1.82) is 0 Å². The molecule has 1 fully saturated rings. The van der Waals surface area contributed by atoms with Crippen LogP contribution in [0, 0.1) is 11.7 Å². The fraction of sp³-hybridized carbons (Fsp3) is 0.538. The molecule has 112 valence electrons. The van der Waals surface area contributed by atoms with Crippen molar-refractivity contribution in [1.82, 2.24) is 10.0 Å². The zero-order chi connectivity index (χ0) is 14.6. The molecule has 1 aliphatic rings. The van der Waals surface area contributed by atoms with Crippen molar-refractivity contribution < 1.29 is 12.8 Å². The molecular formula is C13H18ClFN2O2S. The van der Waals surface area contributed by atoms with Crippen molar-refractivity contribution in [3.8, 4) is 0 Å². The second-order valence-corrected chi connectivity index (χ2v) is 7.25. The number of nitrogens with one attached hydrogen (secondary N) is 2. The highest BCUT2D eigenvalue weighted by atomic mass is 35.5. The van der Waals surface area contributed by atoms with E-state index in [9.17, 15) is 12.8 Å². The summed E-state index contributed by atoms with van der Waals surface area (Å²) >= 11 is 5.87. The van der Waals surface area contributed by atoms with Crippen molar-refractivity contribution in [2.75, 3.05) is 18.8 Å². The average Bonchev–Trinajstić information content (AvgIpc) is 2.38. The summed E-state index contributed by atoms with van der Waals surface area (Å²) in [4.78, 5) is 0. The highest BCUT2D eigenvalue weighted by Gasteiger charge is 2.21. The Labute approximate surface area is 123 Å². The Morgan fingerprint density at radius 1 is 1.35 bits per heavy atom. The summed E-state index contributed by atoms with van der Waals surface area (Å²) in [6.45, 7) is 1.58. The molecule has 0 radical (unpaired) electrons. The third kappa shape index (κ3) is 4.41. The maximum atomic E-state index is 13.6. The van der Waals surface area contributed by atoms with Crippen LogP contribution >= 0.6 is 11.6 Å². The van der Waals surface area contributed by atoms with Crippen LogP contribution in [0.15, 0.2) is 18.2 Å². The fourth-order valence-electron chi connectivity index (χ4n) is 2.30. The summed E-state index contributed by atoms with van der Waals surface area (Å²) in [5.74, 6) is -0.257. The molecule has 20 heavy (non-hydrogen) atoms. The number of hydrogen-bond acceptors (Lipinski definition) is 3. The molecule has 1 heterocycles. The molecule has 0 aromatic heterocycles. The monoisotopic (exact) mass is 320 g/mol. The highest BCUT2D eigenvalue weighted by Crippen LogP contribution is 2.19. The van der Waals surface area contributed by atoms with Crippen LogP contribution in [0.2, 0.25) is 5.02 Å². The number of piperidine rings is 1. The largest absolute Gasteiger partial charge is 0.317 e. The molecule has 0 saturated carbocycles. The Morgan fingerprint density at radius 3 is 2.70 bits per heavy atom. The van der Waals surface area contributed by atoms with Gasteiger partial charge in [0.1, 0.15) is 5.82 Å². The lowest BCUT2D eigenvalue weighted by atomic mass is 10.0. The van der Waals surface area contributed by atoms with Gasteiger partial charge >= 0.3 is 0 Å². The van der Waals surface area contributed by atoms with Gasteiger partial charge in [-0.05, 0) is 44.0 Å². The number of rotatable bonds is 5. The minimum atomic E-state index is -3.42. The zero-order valence-corrected chi connectivity index (χ0v) is 12.6. The third-order valence-electron chi connectivity index (χ3n) is 3.44. The van der Waals surface area contributed by atoms with Crippen molar-refractivity contribution in [3.05, 3.63) is 34.6 Å². The summed E-state index contributed by atoms with van der Waals surface area (Å²) in [7, 11) is -3.42. The average molecular weight is 321 g/mol.